The van der Waals surface area contributed by atoms with Crippen molar-refractivity contribution >= 4 is 17.7 Å². The number of ether oxygens (including phenoxy) is 2. The van der Waals surface area contributed by atoms with Crippen LogP contribution in [0.15, 0.2) is 48.5 Å². The normalized spacial score (nSPS) is 10.3. The first-order valence-corrected chi connectivity index (χ1v) is 6.72. The van der Waals surface area contributed by atoms with E-state index in [0.717, 1.165) is 11.1 Å². The van der Waals surface area contributed by atoms with Gasteiger partial charge in [-0.3, -0.25) is 0 Å². The van der Waals surface area contributed by atoms with Gasteiger partial charge in [-0.05, 0) is 41.5 Å². The summed E-state index contributed by atoms with van der Waals surface area (Å²) in [4.78, 5) is 0. The molecule has 0 spiro atoms. The fraction of sp³-hybridized carbons (Fsp3) is 0.118. The van der Waals surface area contributed by atoms with Gasteiger partial charge < -0.3 is 9.47 Å². The zero-order valence-electron chi connectivity index (χ0n) is 11.5. The summed E-state index contributed by atoms with van der Waals surface area (Å²) in [5, 5.41) is 9.24. The number of nitriles is 1. The summed E-state index contributed by atoms with van der Waals surface area (Å²) in [6.07, 6.45) is 3.13. The lowest BCUT2D eigenvalue weighted by atomic mass is 10.2. The molecule has 0 bridgehead atoms. The summed E-state index contributed by atoms with van der Waals surface area (Å²) in [6.45, 7) is 0.431. The molecule has 2 aromatic rings. The average Bonchev–Trinajstić information content (AvgIpc) is 2.52. The van der Waals surface area contributed by atoms with Crippen LogP contribution in [0.25, 0.3) is 6.08 Å². The van der Waals surface area contributed by atoms with Crippen LogP contribution in [0.5, 0.6) is 11.5 Å². The fourth-order valence-corrected chi connectivity index (χ4v) is 1.91. The molecule has 4 heteroatoms. The zero-order chi connectivity index (χ0) is 15.1. The molecule has 0 amide bonds. The molecule has 2 aromatic carbocycles. The van der Waals surface area contributed by atoms with Crippen molar-refractivity contribution in [1.82, 2.24) is 0 Å². The standard InChI is InChI=1S/C17H14ClNO2/c1-20-17-11-13(3-2-10-19)6-9-16(17)21-12-14-4-7-15(18)8-5-14/h2-9,11H,12H2,1H3. The SMILES string of the molecule is COc1cc(C=CC#N)ccc1OCc1ccc(Cl)cc1. The second-order valence-corrected chi connectivity index (χ2v) is 4.72. The minimum absolute atomic E-state index is 0.431. The number of nitrogens with zero attached hydrogens (tertiary/aromatic N) is 1. The van der Waals surface area contributed by atoms with Crippen LogP contribution in [0.4, 0.5) is 0 Å². The van der Waals surface area contributed by atoms with Crippen molar-refractivity contribution in [1.29, 1.82) is 5.26 Å². The number of halogens is 1. The topological polar surface area (TPSA) is 42.2 Å². The highest BCUT2D eigenvalue weighted by Crippen LogP contribution is 2.29. The lowest BCUT2D eigenvalue weighted by Crippen LogP contribution is -1.97. The molecule has 0 N–H and O–H groups in total. The highest BCUT2D eigenvalue weighted by atomic mass is 35.5. The van der Waals surface area contributed by atoms with Gasteiger partial charge in [-0.25, -0.2) is 0 Å². The molecule has 106 valence electrons. The Bertz CT molecular complexity index is 672. The third-order valence-electron chi connectivity index (χ3n) is 2.85. The molecule has 0 aliphatic carbocycles. The molecule has 0 fully saturated rings. The second kappa shape index (κ2) is 7.37. The Morgan fingerprint density at radius 1 is 1.14 bits per heavy atom. The van der Waals surface area contributed by atoms with E-state index >= 15 is 0 Å². The predicted octanol–water partition coefficient (Wildman–Crippen LogP) is 4.46. The number of hydrogen-bond acceptors (Lipinski definition) is 3. The van der Waals surface area contributed by atoms with Gasteiger partial charge in [-0.2, -0.15) is 5.26 Å². The van der Waals surface area contributed by atoms with E-state index in [1.807, 2.05) is 48.5 Å². The van der Waals surface area contributed by atoms with E-state index in [1.54, 1.807) is 13.2 Å². The summed E-state index contributed by atoms with van der Waals surface area (Å²) >= 11 is 5.85. The Morgan fingerprint density at radius 3 is 2.57 bits per heavy atom. The van der Waals surface area contributed by atoms with E-state index < -0.39 is 0 Å². The van der Waals surface area contributed by atoms with E-state index in [2.05, 4.69) is 0 Å². The van der Waals surface area contributed by atoms with Gasteiger partial charge in [0.15, 0.2) is 11.5 Å². The number of methoxy groups -OCH3 is 1. The number of benzene rings is 2. The molecular formula is C17H14ClNO2. The summed E-state index contributed by atoms with van der Waals surface area (Å²) in [7, 11) is 1.59. The first-order valence-electron chi connectivity index (χ1n) is 6.34. The van der Waals surface area contributed by atoms with Crippen LogP contribution in [0.1, 0.15) is 11.1 Å². The van der Waals surface area contributed by atoms with Crippen molar-refractivity contribution in [2.45, 2.75) is 6.61 Å². The third kappa shape index (κ3) is 4.27. The van der Waals surface area contributed by atoms with Crippen LogP contribution < -0.4 is 9.47 Å². The maximum Gasteiger partial charge on any atom is 0.161 e. The summed E-state index contributed by atoms with van der Waals surface area (Å²) < 4.78 is 11.1. The zero-order valence-corrected chi connectivity index (χ0v) is 12.3. The maximum atomic E-state index is 8.54. The summed E-state index contributed by atoms with van der Waals surface area (Å²) in [5.41, 5.74) is 1.90. The van der Waals surface area contributed by atoms with E-state index in [-0.39, 0.29) is 0 Å². The third-order valence-corrected chi connectivity index (χ3v) is 3.10. The van der Waals surface area contributed by atoms with Gasteiger partial charge in [0.1, 0.15) is 6.61 Å². The first kappa shape index (κ1) is 15.0. The molecule has 0 aliphatic rings. The van der Waals surface area contributed by atoms with Gasteiger partial charge in [0.2, 0.25) is 0 Å². The van der Waals surface area contributed by atoms with Crippen molar-refractivity contribution in [3.8, 4) is 17.6 Å². The Morgan fingerprint density at radius 2 is 1.90 bits per heavy atom. The van der Waals surface area contributed by atoms with Gasteiger partial charge >= 0.3 is 0 Å². The van der Waals surface area contributed by atoms with Crippen molar-refractivity contribution in [2.24, 2.45) is 0 Å². The fourth-order valence-electron chi connectivity index (χ4n) is 1.78. The monoisotopic (exact) mass is 299 g/mol. The van der Waals surface area contributed by atoms with Gasteiger partial charge in [-0.15, -0.1) is 0 Å². The molecule has 2 rings (SSSR count). The Balaban J connectivity index is 2.10. The van der Waals surface area contributed by atoms with Crippen molar-refractivity contribution in [3.63, 3.8) is 0 Å². The Kier molecular flexibility index (Phi) is 5.25. The summed E-state index contributed by atoms with van der Waals surface area (Å²) in [5.74, 6) is 1.28. The van der Waals surface area contributed by atoms with Crippen LogP contribution in [-0.4, -0.2) is 7.11 Å². The first-order chi connectivity index (χ1) is 10.2. The molecule has 21 heavy (non-hydrogen) atoms. The van der Waals surface area contributed by atoms with E-state index in [4.69, 9.17) is 26.3 Å². The van der Waals surface area contributed by atoms with Gasteiger partial charge in [0, 0.05) is 11.1 Å². The van der Waals surface area contributed by atoms with Crippen molar-refractivity contribution < 1.29 is 9.47 Å². The second-order valence-electron chi connectivity index (χ2n) is 4.29. The predicted molar refractivity (Wildman–Crippen MR) is 83.4 cm³/mol. The van der Waals surface area contributed by atoms with Crippen LogP contribution >= 0.6 is 11.6 Å². The number of hydrogen-bond donors (Lipinski definition) is 0. The lowest BCUT2D eigenvalue weighted by Gasteiger charge is -2.11. The minimum Gasteiger partial charge on any atom is -0.493 e. The molecule has 0 atom stereocenters. The number of allylic oxidation sites excluding steroid dienone is 1. The van der Waals surface area contributed by atoms with Crippen LogP contribution in [0, 0.1) is 11.3 Å². The minimum atomic E-state index is 0.431. The van der Waals surface area contributed by atoms with Crippen molar-refractivity contribution in [2.75, 3.05) is 7.11 Å². The molecule has 0 unspecified atom stereocenters. The van der Waals surface area contributed by atoms with Gasteiger partial charge in [0.25, 0.3) is 0 Å². The Hall–Kier alpha value is -2.44. The van der Waals surface area contributed by atoms with Gasteiger partial charge in [0.05, 0.1) is 13.2 Å². The smallest absolute Gasteiger partial charge is 0.161 e. The van der Waals surface area contributed by atoms with E-state index in [9.17, 15) is 0 Å². The number of rotatable bonds is 5. The molecule has 0 heterocycles. The van der Waals surface area contributed by atoms with Crippen LogP contribution in [0.3, 0.4) is 0 Å². The van der Waals surface area contributed by atoms with E-state index in [0.29, 0.717) is 23.1 Å². The Labute approximate surface area is 129 Å². The summed E-state index contributed by atoms with van der Waals surface area (Å²) in [6, 6.07) is 15.0. The highest BCUT2D eigenvalue weighted by Gasteiger charge is 2.05. The van der Waals surface area contributed by atoms with Crippen LogP contribution in [-0.2, 0) is 6.61 Å². The van der Waals surface area contributed by atoms with Crippen molar-refractivity contribution in [3.05, 3.63) is 64.7 Å². The highest BCUT2D eigenvalue weighted by molar-refractivity contribution is 6.30. The molecule has 0 aromatic heterocycles. The van der Waals surface area contributed by atoms with Gasteiger partial charge in [-0.1, -0.05) is 29.8 Å². The molecule has 0 saturated heterocycles. The molecule has 0 aliphatic heterocycles. The average molecular weight is 300 g/mol. The maximum absolute atomic E-state index is 8.54. The van der Waals surface area contributed by atoms with E-state index in [1.165, 1.54) is 6.08 Å². The lowest BCUT2D eigenvalue weighted by molar-refractivity contribution is 0.284. The largest absolute Gasteiger partial charge is 0.493 e. The molecule has 0 saturated carbocycles. The quantitative estimate of drug-likeness (QED) is 0.765. The molecular weight excluding hydrogens is 286 g/mol. The molecule has 3 nitrogen and oxygen atoms in total. The molecule has 0 radical (unpaired) electrons. The van der Waals surface area contributed by atoms with Crippen LogP contribution in [0.2, 0.25) is 5.02 Å².